The molecule has 1 nitrogen and oxygen atoms in total. The van der Waals surface area contributed by atoms with E-state index in [9.17, 15) is 0 Å². The Bertz CT molecular complexity index is 350. The monoisotopic (exact) mass is 173 g/mol. The third kappa shape index (κ3) is 1.39. The molecule has 1 aromatic carbocycles. The van der Waals surface area contributed by atoms with Crippen LogP contribution in [0.5, 0.6) is 0 Å². The van der Waals surface area contributed by atoms with Crippen molar-refractivity contribution in [2.24, 2.45) is 4.99 Å². The van der Waals surface area contributed by atoms with Crippen molar-refractivity contribution in [1.82, 2.24) is 0 Å². The van der Waals surface area contributed by atoms with Crippen molar-refractivity contribution in [1.29, 1.82) is 0 Å². The first-order chi connectivity index (χ1) is 6.33. The lowest BCUT2D eigenvalue weighted by Gasteiger charge is -2.06. The van der Waals surface area contributed by atoms with Crippen molar-refractivity contribution in [3.05, 3.63) is 34.9 Å². The highest BCUT2D eigenvalue weighted by molar-refractivity contribution is 6.00. The normalized spacial score (nSPS) is 16.0. The minimum atomic E-state index is 1.17. The smallest absolute Gasteiger partial charge is 0.0389 e. The number of benzene rings is 1. The van der Waals surface area contributed by atoms with Crippen LogP contribution in [-0.2, 0) is 12.8 Å². The van der Waals surface area contributed by atoms with Crippen LogP contribution in [0.15, 0.2) is 23.2 Å². The maximum Gasteiger partial charge on any atom is 0.0389 e. The largest absolute Gasteiger partial charge is 0.293 e. The Balaban J connectivity index is 2.53. The fourth-order valence-electron chi connectivity index (χ4n) is 2.08. The van der Waals surface area contributed by atoms with E-state index in [1.54, 1.807) is 0 Å². The fraction of sp³-hybridized carbons (Fsp3) is 0.417. The molecule has 1 aliphatic rings. The van der Waals surface area contributed by atoms with Gasteiger partial charge < -0.3 is 0 Å². The summed E-state index contributed by atoms with van der Waals surface area (Å²) in [6, 6.07) is 6.58. The van der Waals surface area contributed by atoms with Gasteiger partial charge in [0.1, 0.15) is 0 Å². The maximum absolute atomic E-state index is 4.25. The van der Waals surface area contributed by atoms with Gasteiger partial charge in [-0.1, -0.05) is 18.2 Å². The molecule has 0 saturated carbocycles. The van der Waals surface area contributed by atoms with Crippen LogP contribution < -0.4 is 0 Å². The molecule has 1 aromatic rings. The summed E-state index contributed by atoms with van der Waals surface area (Å²) < 4.78 is 0. The molecular weight excluding hydrogens is 158 g/mol. The molecular formula is C12H15N. The summed E-state index contributed by atoms with van der Waals surface area (Å²) in [4.78, 5) is 4.25. The Morgan fingerprint density at radius 2 is 2.15 bits per heavy atom. The van der Waals surface area contributed by atoms with Crippen molar-refractivity contribution in [2.75, 3.05) is 7.05 Å². The van der Waals surface area contributed by atoms with E-state index in [0.29, 0.717) is 0 Å². The van der Waals surface area contributed by atoms with Gasteiger partial charge in [0.2, 0.25) is 0 Å². The van der Waals surface area contributed by atoms with Crippen LogP contribution >= 0.6 is 0 Å². The van der Waals surface area contributed by atoms with Crippen LogP contribution in [0.3, 0.4) is 0 Å². The van der Waals surface area contributed by atoms with Crippen molar-refractivity contribution in [2.45, 2.75) is 26.2 Å². The topological polar surface area (TPSA) is 12.4 Å². The zero-order chi connectivity index (χ0) is 9.26. The quantitative estimate of drug-likeness (QED) is 0.579. The van der Waals surface area contributed by atoms with Crippen molar-refractivity contribution in [3.8, 4) is 0 Å². The number of fused-ring (bicyclic) bond motifs is 1. The summed E-state index contributed by atoms with van der Waals surface area (Å²) >= 11 is 0. The van der Waals surface area contributed by atoms with Gasteiger partial charge in [0.15, 0.2) is 0 Å². The van der Waals surface area contributed by atoms with Gasteiger partial charge >= 0.3 is 0 Å². The van der Waals surface area contributed by atoms with E-state index in [0.717, 1.165) is 0 Å². The van der Waals surface area contributed by atoms with Gasteiger partial charge in [0.25, 0.3) is 0 Å². The first-order valence-corrected chi connectivity index (χ1v) is 4.87. The minimum absolute atomic E-state index is 1.17. The lowest BCUT2D eigenvalue weighted by atomic mass is 10.0. The molecule has 1 heteroatoms. The molecule has 0 saturated heterocycles. The highest BCUT2D eigenvalue weighted by Gasteiger charge is 2.14. The van der Waals surface area contributed by atoms with Crippen LogP contribution in [0.25, 0.3) is 0 Å². The van der Waals surface area contributed by atoms with Crippen molar-refractivity contribution >= 4 is 5.71 Å². The number of nitrogens with zero attached hydrogens (tertiary/aromatic N) is 1. The predicted octanol–water partition coefficient (Wildman–Crippen LogP) is 2.61. The predicted molar refractivity (Wildman–Crippen MR) is 56.6 cm³/mol. The molecule has 2 rings (SSSR count). The second kappa shape index (κ2) is 3.33. The molecule has 0 radical (unpaired) electrons. The Morgan fingerprint density at radius 3 is 2.92 bits per heavy atom. The Kier molecular flexibility index (Phi) is 2.17. The van der Waals surface area contributed by atoms with E-state index in [4.69, 9.17) is 0 Å². The van der Waals surface area contributed by atoms with Crippen LogP contribution in [0.4, 0.5) is 0 Å². The molecule has 0 amide bonds. The summed E-state index contributed by atoms with van der Waals surface area (Å²) in [7, 11) is 1.86. The Hall–Kier alpha value is -1.11. The average Bonchev–Trinajstić information content (AvgIpc) is 2.63. The van der Waals surface area contributed by atoms with Crippen LogP contribution in [0, 0.1) is 0 Å². The van der Waals surface area contributed by atoms with Crippen molar-refractivity contribution in [3.63, 3.8) is 0 Å². The Labute approximate surface area is 79.5 Å². The number of rotatable bonds is 1. The lowest BCUT2D eigenvalue weighted by Crippen LogP contribution is -1.99. The van der Waals surface area contributed by atoms with Gasteiger partial charge in [-0.2, -0.15) is 0 Å². The average molecular weight is 173 g/mol. The molecule has 0 atom stereocenters. The molecule has 0 fully saturated rings. The molecule has 1 aliphatic carbocycles. The Morgan fingerprint density at radius 1 is 1.31 bits per heavy atom. The van der Waals surface area contributed by atoms with Gasteiger partial charge in [-0.3, -0.25) is 4.99 Å². The molecule has 68 valence electrons. The molecule has 0 aliphatic heterocycles. The standard InChI is InChI=1S/C12H15N/c1-9(13-2)11-7-3-5-10-6-4-8-12(10)11/h3,5,7H,4,6,8H2,1-2H3. The molecule has 0 spiro atoms. The van der Waals surface area contributed by atoms with Crippen LogP contribution in [0.1, 0.15) is 30.0 Å². The second-order valence-electron chi connectivity index (χ2n) is 3.61. The maximum atomic E-state index is 4.25. The summed E-state index contributed by atoms with van der Waals surface area (Å²) in [5.41, 5.74) is 5.59. The molecule has 13 heavy (non-hydrogen) atoms. The van der Waals surface area contributed by atoms with E-state index < -0.39 is 0 Å². The van der Waals surface area contributed by atoms with E-state index in [-0.39, 0.29) is 0 Å². The van der Waals surface area contributed by atoms with Crippen molar-refractivity contribution < 1.29 is 0 Å². The number of hydrogen-bond donors (Lipinski definition) is 0. The third-order valence-corrected chi connectivity index (χ3v) is 2.87. The molecule has 0 unspecified atom stereocenters. The van der Waals surface area contributed by atoms with Gasteiger partial charge in [0.05, 0.1) is 0 Å². The number of aliphatic imine (C=N–C) groups is 1. The van der Waals surface area contributed by atoms with Gasteiger partial charge in [-0.05, 0) is 42.9 Å². The van der Waals surface area contributed by atoms with E-state index >= 15 is 0 Å². The summed E-state index contributed by atoms with van der Waals surface area (Å²) in [6.45, 7) is 2.09. The highest BCUT2D eigenvalue weighted by atomic mass is 14.7. The van der Waals surface area contributed by atoms with E-state index in [1.807, 2.05) is 7.05 Å². The minimum Gasteiger partial charge on any atom is -0.293 e. The zero-order valence-electron chi connectivity index (χ0n) is 8.30. The van der Waals surface area contributed by atoms with Crippen LogP contribution in [-0.4, -0.2) is 12.8 Å². The summed E-state index contributed by atoms with van der Waals surface area (Å²) in [5.74, 6) is 0. The zero-order valence-corrected chi connectivity index (χ0v) is 8.30. The summed E-state index contributed by atoms with van der Waals surface area (Å²) in [6.07, 6.45) is 3.79. The van der Waals surface area contributed by atoms with Gasteiger partial charge in [-0.15, -0.1) is 0 Å². The lowest BCUT2D eigenvalue weighted by molar-refractivity contribution is 0.911. The van der Waals surface area contributed by atoms with Gasteiger partial charge in [-0.25, -0.2) is 0 Å². The SMILES string of the molecule is CN=C(C)c1cccc2c1CCC2. The van der Waals surface area contributed by atoms with E-state index in [2.05, 4.69) is 30.1 Å². The molecule has 0 heterocycles. The highest BCUT2D eigenvalue weighted by Crippen LogP contribution is 2.25. The summed E-state index contributed by atoms with van der Waals surface area (Å²) in [5, 5.41) is 0. The van der Waals surface area contributed by atoms with E-state index in [1.165, 1.54) is 41.7 Å². The third-order valence-electron chi connectivity index (χ3n) is 2.87. The first kappa shape index (κ1) is 8.49. The number of aryl methyl sites for hydroxylation is 1. The number of hydrogen-bond acceptors (Lipinski definition) is 1. The molecule has 0 bridgehead atoms. The fourth-order valence-corrected chi connectivity index (χ4v) is 2.08. The first-order valence-electron chi connectivity index (χ1n) is 4.87. The van der Waals surface area contributed by atoms with Gasteiger partial charge in [0, 0.05) is 12.8 Å². The second-order valence-corrected chi connectivity index (χ2v) is 3.61. The van der Waals surface area contributed by atoms with Crippen LogP contribution in [0.2, 0.25) is 0 Å². The molecule has 0 N–H and O–H groups in total. The molecule has 0 aromatic heterocycles.